The summed E-state index contributed by atoms with van der Waals surface area (Å²) in [6, 6.07) is 14.2. The van der Waals surface area contributed by atoms with Gasteiger partial charge in [-0.25, -0.2) is 4.79 Å². The maximum absolute atomic E-state index is 12.8. The van der Waals surface area contributed by atoms with Crippen LogP contribution >= 0.6 is 0 Å². The van der Waals surface area contributed by atoms with Crippen LogP contribution in [0, 0.1) is 0 Å². The van der Waals surface area contributed by atoms with Crippen LogP contribution in [-0.4, -0.2) is 40.9 Å². The summed E-state index contributed by atoms with van der Waals surface area (Å²) < 4.78 is 5.14. The Balaban J connectivity index is 1.18. The monoisotopic (exact) mass is 460 g/mol. The Hall–Kier alpha value is -3.81. The molecular weight excluding hydrogens is 432 g/mol. The van der Waals surface area contributed by atoms with E-state index in [0.717, 1.165) is 36.0 Å². The van der Waals surface area contributed by atoms with Crippen molar-refractivity contribution in [3.63, 3.8) is 0 Å². The van der Waals surface area contributed by atoms with Crippen molar-refractivity contribution in [1.82, 2.24) is 20.5 Å². The first-order valence-corrected chi connectivity index (χ1v) is 11.7. The van der Waals surface area contributed by atoms with Gasteiger partial charge in [0.15, 0.2) is 0 Å². The van der Waals surface area contributed by atoms with E-state index < -0.39 is 12.1 Å². The summed E-state index contributed by atoms with van der Waals surface area (Å²) in [7, 11) is 1.58. The van der Waals surface area contributed by atoms with Crippen molar-refractivity contribution in [3.05, 3.63) is 65.4 Å². The molecule has 2 heterocycles. The van der Waals surface area contributed by atoms with Gasteiger partial charge in [-0.3, -0.25) is 14.5 Å². The number of para-hydroxylation sites is 1. The smallest absolute Gasteiger partial charge is 0.325 e. The normalized spacial score (nSPS) is 19.7. The van der Waals surface area contributed by atoms with Crippen molar-refractivity contribution in [2.75, 3.05) is 7.11 Å². The molecule has 176 valence electrons. The minimum absolute atomic E-state index is 0.0657. The lowest BCUT2D eigenvalue weighted by atomic mass is 9.91. The molecule has 0 radical (unpaired) electrons. The number of imide groups is 1. The molecule has 8 nitrogen and oxygen atoms in total. The molecule has 0 bridgehead atoms. The van der Waals surface area contributed by atoms with Gasteiger partial charge < -0.3 is 20.4 Å². The number of amides is 4. The first-order valence-electron chi connectivity index (χ1n) is 11.7. The predicted octanol–water partition coefficient (Wildman–Crippen LogP) is 3.57. The fourth-order valence-corrected chi connectivity index (χ4v) is 4.94. The number of methoxy groups -OCH3 is 1. The van der Waals surface area contributed by atoms with Gasteiger partial charge in [-0.05, 0) is 55.0 Å². The SMILES string of the molecule is COc1ccc(CN2C(=O)N[C@H](CCC(=O)N[C@@H]3CCCc4c3[nH]c3ccccc43)C2=O)cc1. The van der Waals surface area contributed by atoms with E-state index in [0.29, 0.717) is 5.75 Å². The molecule has 1 saturated heterocycles. The maximum atomic E-state index is 12.8. The van der Waals surface area contributed by atoms with Crippen molar-refractivity contribution in [1.29, 1.82) is 0 Å². The van der Waals surface area contributed by atoms with Crippen molar-refractivity contribution in [2.24, 2.45) is 0 Å². The first-order chi connectivity index (χ1) is 16.5. The molecule has 8 heteroatoms. The number of aryl methyl sites for hydroxylation is 1. The molecule has 0 spiro atoms. The Morgan fingerprint density at radius 3 is 2.74 bits per heavy atom. The van der Waals surface area contributed by atoms with Gasteiger partial charge in [0.2, 0.25) is 5.91 Å². The minimum Gasteiger partial charge on any atom is -0.497 e. The summed E-state index contributed by atoms with van der Waals surface area (Å²) >= 11 is 0. The van der Waals surface area contributed by atoms with Gasteiger partial charge in [-0.2, -0.15) is 0 Å². The second-order valence-electron chi connectivity index (χ2n) is 8.89. The molecule has 1 aliphatic heterocycles. The predicted molar refractivity (Wildman–Crippen MR) is 127 cm³/mol. The fraction of sp³-hybridized carbons (Fsp3) is 0.346. The van der Waals surface area contributed by atoms with Crippen LogP contribution in [-0.2, 0) is 22.6 Å². The Morgan fingerprint density at radius 2 is 1.94 bits per heavy atom. The van der Waals surface area contributed by atoms with E-state index in [4.69, 9.17) is 4.74 Å². The number of ether oxygens (including phenoxy) is 1. The number of carbonyl (C=O) groups is 3. The standard InChI is InChI=1S/C26H28N4O4/c1-34-17-11-9-16(10-12-17)15-30-25(32)22(29-26(30)33)13-14-23(31)27-21-8-4-6-19-18-5-2-3-7-20(18)28-24(19)21/h2-3,5,7,9-12,21-22,28H,4,6,8,13-15H2,1H3,(H,27,31)(H,29,33)/t21-,22-/m1/s1. The van der Waals surface area contributed by atoms with Crippen molar-refractivity contribution < 1.29 is 19.1 Å². The Morgan fingerprint density at radius 1 is 1.15 bits per heavy atom. The molecule has 1 aliphatic carbocycles. The summed E-state index contributed by atoms with van der Waals surface area (Å²) in [6.07, 6.45) is 3.32. The lowest BCUT2D eigenvalue weighted by Gasteiger charge is -2.24. The van der Waals surface area contributed by atoms with E-state index in [1.54, 1.807) is 19.2 Å². The largest absolute Gasteiger partial charge is 0.497 e. The first kappa shape index (κ1) is 22.0. The number of nitrogens with one attached hydrogen (secondary N) is 3. The van der Waals surface area contributed by atoms with E-state index in [9.17, 15) is 14.4 Å². The Bertz CT molecular complexity index is 1230. The van der Waals surface area contributed by atoms with Crippen LogP contribution in [0.15, 0.2) is 48.5 Å². The van der Waals surface area contributed by atoms with Gasteiger partial charge in [0.25, 0.3) is 5.91 Å². The van der Waals surface area contributed by atoms with Crippen LogP contribution in [0.4, 0.5) is 4.79 Å². The lowest BCUT2D eigenvalue weighted by molar-refractivity contribution is -0.128. The highest BCUT2D eigenvalue weighted by atomic mass is 16.5. The molecule has 0 unspecified atom stereocenters. The molecule has 5 rings (SSSR count). The van der Waals surface area contributed by atoms with Crippen LogP contribution in [0.2, 0.25) is 0 Å². The van der Waals surface area contributed by atoms with Gasteiger partial charge >= 0.3 is 6.03 Å². The van der Waals surface area contributed by atoms with Crippen molar-refractivity contribution in [3.8, 4) is 5.75 Å². The molecule has 2 aromatic carbocycles. The minimum atomic E-state index is -0.688. The number of fused-ring (bicyclic) bond motifs is 3. The number of carbonyl (C=O) groups excluding carboxylic acids is 3. The maximum Gasteiger partial charge on any atom is 0.325 e. The zero-order valence-electron chi connectivity index (χ0n) is 19.1. The number of rotatable bonds is 7. The number of urea groups is 1. The highest BCUT2D eigenvalue weighted by Gasteiger charge is 2.38. The molecular formula is C26H28N4O4. The van der Waals surface area contributed by atoms with Gasteiger partial charge in [0.05, 0.1) is 19.7 Å². The molecule has 3 N–H and O–H groups in total. The lowest BCUT2D eigenvalue weighted by Crippen LogP contribution is -2.34. The zero-order chi connectivity index (χ0) is 23.7. The number of H-pyrrole nitrogens is 1. The number of aromatic nitrogens is 1. The Labute approximate surface area is 197 Å². The fourth-order valence-electron chi connectivity index (χ4n) is 4.94. The molecule has 1 aromatic heterocycles. The molecule has 34 heavy (non-hydrogen) atoms. The molecule has 2 atom stereocenters. The number of hydrogen-bond donors (Lipinski definition) is 3. The molecule has 1 fully saturated rings. The van der Waals surface area contributed by atoms with E-state index in [-0.39, 0.29) is 37.2 Å². The van der Waals surface area contributed by atoms with Crippen LogP contribution in [0.25, 0.3) is 10.9 Å². The summed E-state index contributed by atoms with van der Waals surface area (Å²) in [5.41, 5.74) is 4.27. The van der Waals surface area contributed by atoms with E-state index in [2.05, 4.69) is 27.8 Å². The summed E-state index contributed by atoms with van der Waals surface area (Å²) in [6.45, 7) is 0.183. The van der Waals surface area contributed by atoms with E-state index in [1.807, 2.05) is 24.3 Å². The highest BCUT2D eigenvalue weighted by Crippen LogP contribution is 2.34. The molecule has 4 amide bonds. The molecule has 2 aliphatic rings. The zero-order valence-corrected chi connectivity index (χ0v) is 19.1. The van der Waals surface area contributed by atoms with Gasteiger partial charge in [-0.1, -0.05) is 30.3 Å². The summed E-state index contributed by atoms with van der Waals surface area (Å²) in [5.74, 6) is 0.290. The Kier molecular flexibility index (Phi) is 5.96. The number of nitrogens with zero attached hydrogens (tertiary/aromatic N) is 1. The second kappa shape index (κ2) is 9.21. The third-order valence-electron chi connectivity index (χ3n) is 6.72. The van der Waals surface area contributed by atoms with Crippen LogP contribution in [0.1, 0.15) is 48.5 Å². The van der Waals surface area contributed by atoms with Crippen molar-refractivity contribution in [2.45, 2.75) is 50.7 Å². The average Bonchev–Trinajstić information content (AvgIpc) is 3.36. The third kappa shape index (κ3) is 4.23. The third-order valence-corrected chi connectivity index (χ3v) is 6.72. The van der Waals surface area contributed by atoms with Gasteiger partial charge in [0, 0.05) is 23.0 Å². The van der Waals surface area contributed by atoms with Gasteiger partial charge in [0.1, 0.15) is 11.8 Å². The number of hydrogen-bond acceptors (Lipinski definition) is 4. The summed E-state index contributed by atoms with van der Waals surface area (Å²) in [5, 5.41) is 7.06. The number of benzene rings is 2. The quantitative estimate of drug-likeness (QED) is 0.469. The molecule has 3 aromatic rings. The van der Waals surface area contributed by atoms with Crippen LogP contribution < -0.4 is 15.4 Å². The average molecular weight is 461 g/mol. The highest BCUT2D eigenvalue weighted by molar-refractivity contribution is 6.04. The summed E-state index contributed by atoms with van der Waals surface area (Å²) in [4.78, 5) is 42.6. The van der Waals surface area contributed by atoms with E-state index >= 15 is 0 Å². The van der Waals surface area contributed by atoms with Crippen molar-refractivity contribution >= 4 is 28.7 Å². The van der Waals surface area contributed by atoms with Crippen LogP contribution in [0.3, 0.4) is 0 Å². The molecule has 0 saturated carbocycles. The van der Waals surface area contributed by atoms with Crippen LogP contribution in [0.5, 0.6) is 5.75 Å². The van der Waals surface area contributed by atoms with Gasteiger partial charge in [-0.15, -0.1) is 0 Å². The van der Waals surface area contributed by atoms with E-state index in [1.165, 1.54) is 15.8 Å². The number of aromatic amines is 1. The topological polar surface area (TPSA) is 104 Å². The second-order valence-corrected chi connectivity index (χ2v) is 8.89.